The molecule has 0 bridgehead atoms. The lowest BCUT2D eigenvalue weighted by Crippen LogP contribution is -2.44. The highest BCUT2D eigenvalue weighted by molar-refractivity contribution is 6.30. The first-order valence-electron chi connectivity index (χ1n) is 12.9. The van der Waals surface area contributed by atoms with Gasteiger partial charge < -0.3 is 19.7 Å². The van der Waals surface area contributed by atoms with Crippen molar-refractivity contribution >= 4 is 51.7 Å². The van der Waals surface area contributed by atoms with E-state index in [0.717, 1.165) is 5.52 Å². The van der Waals surface area contributed by atoms with Crippen LogP contribution in [0.25, 0.3) is 10.9 Å². The fraction of sp³-hybridized carbons (Fsp3) is 0.286. The minimum Gasteiger partial charge on any atom is -0.363 e. The lowest BCUT2D eigenvalue weighted by Gasteiger charge is -2.23. The molecule has 1 aliphatic heterocycles. The number of nitrogens with one attached hydrogen (secondary N) is 3. The quantitative estimate of drug-likeness (QED) is 0.238. The highest BCUT2D eigenvalue weighted by Crippen LogP contribution is 2.27. The summed E-state index contributed by atoms with van der Waals surface area (Å²) in [4.78, 5) is 39.4. The second-order valence-corrected chi connectivity index (χ2v) is 10.2. The number of urea groups is 1. The van der Waals surface area contributed by atoms with Crippen LogP contribution < -0.4 is 16.0 Å². The molecule has 13 heteroatoms. The molecule has 0 aliphatic carbocycles. The summed E-state index contributed by atoms with van der Waals surface area (Å²) in [5, 5.41) is 12.2. The van der Waals surface area contributed by atoms with E-state index in [1.54, 1.807) is 35.4 Å². The number of fused-ring (bicyclic) bond motifs is 1. The van der Waals surface area contributed by atoms with E-state index in [1.807, 2.05) is 4.57 Å². The summed E-state index contributed by atoms with van der Waals surface area (Å²) < 4.78 is 35.2. The summed E-state index contributed by atoms with van der Waals surface area (Å²) in [6.45, 7) is 2.18. The molecule has 41 heavy (non-hydrogen) atoms. The zero-order chi connectivity index (χ0) is 29.1. The minimum absolute atomic E-state index is 0.0282. The van der Waals surface area contributed by atoms with E-state index < -0.39 is 30.0 Å². The summed E-state index contributed by atoms with van der Waals surface area (Å²) in [5.41, 5.74) is 1.91. The number of Topliss-reactive ketones (excluding diaryl/α,β-unsaturated/α-hetero) is 1. The highest BCUT2D eigenvalue weighted by Gasteiger charge is 2.36. The number of amides is 3. The summed E-state index contributed by atoms with van der Waals surface area (Å²) in [6.07, 6.45) is 1.89. The maximum Gasteiger partial charge on any atom is 0.324 e. The molecule has 214 valence electrons. The number of rotatable bonds is 9. The number of aromatic nitrogens is 2. The van der Waals surface area contributed by atoms with Gasteiger partial charge in [0.1, 0.15) is 18.3 Å². The summed E-state index contributed by atoms with van der Waals surface area (Å²) >= 11 is 5.82. The molecular formula is C28H27ClF2N6O4. The number of hydrogen-bond donors (Lipinski definition) is 3. The van der Waals surface area contributed by atoms with Gasteiger partial charge >= 0.3 is 6.03 Å². The third kappa shape index (κ3) is 6.39. The van der Waals surface area contributed by atoms with Crippen molar-refractivity contribution in [1.29, 1.82) is 0 Å². The van der Waals surface area contributed by atoms with Crippen LogP contribution in [0.5, 0.6) is 0 Å². The van der Waals surface area contributed by atoms with Crippen LogP contribution in [0, 0.1) is 5.82 Å². The Morgan fingerprint density at radius 2 is 1.98 bits per heavy atom. The molecule has 0 saturated carbocycles. The van der Waals surface area contributed by atoms with Gasteiger partial charge in [-0.2, -0.15) is 0 Å². The average Bonchev–Trinajstić information content (AvgIpc) is 3.67. The Morgan fingerprint density at radius 1 is 1.15 bits per heavy atom. The number of ketones is 1. The van der Waals surface area contributed by atoms with Gasteiger partial charge in [0.15, 0.2) is 11.6 Å². The van der Waals surface area contributed by atoms with Gasteiger partial charge in [-0.15, -0.1) is 0 Å². The predicted molar refractivity (Wildman–Crippen MR) is 149 cm³/mol. The van der Waals surface area contributed by atoms with E-state index in [4.69, 9.17) is 16.1 Å². The molecule has 3 amide bonds. The van der Waals surface area contributed by atoms with Crippen molar-refractivity contribution in [3.8, 4) is 0 Å². The number of alkyl halides is 1. The van der Waals surface area contributed by atoms with Crippen molar-refractivity contribution in [3.63, 3.8) is 0 Å². The maximum absolute atomic E-state index is 14.4. The largest absolute Gasteiger partial charge is 0.363 e. The first-order valence-corrected chi connectivity index (χ1v) is 13.3. The molecular weight excluding hydrogens is 558 g/mol. The van der Waals surface area contributed by atoms with Crippen LogP contribution in [0.3, 0.4) is 0 Å². The number of anilines is 2. The molecule has 3 heterocycles. The third-order valence-corrected chi connectivity index (χ3v) is 7.26. The first-order chi connectivity index (χ1) is 19.7. The van der Waals surface area contributed by atoms with Gasteiger partial charge in [-0.1, -0.05) is 28.9 Å². The number of hydrogen-bond acceptors (Lipinski definition) is 6. The van der Waals surface area contributed by atoms with Crippen LogP contribution in [-0.4, -0.2) is 57.6 Å². The van der Waals surface area contributed by atoms with Gasteiger partial charge in [0.2, 0.25) is 5.91 Å². The molecule has 0 radical (unpaired) electrons. The van der Waals surface area contributed by atoms with Gasteiger partial charge in [0, 0.05) is 72.6 Å². The Labute approximate surface area is 238 Å². The summed E-state index contributed by atoms with van der Waals surface area (Å²) in [5.74, 6) is -0.907. The van der Waals surface area contributed by atoms with Gasteiger partial charge in [0.25, 0.3) is 0 Å². The highest BCUT2D eigenvalue weighted by atomic mass is 35.5. The van der Waals surface area contributed by atoms with Crippen LogP contribution in [0.4, 0.5) is 25.1 Å². The van der Waals surface area contributed by atoms with Crippen molar-refractivity contribution in [1.82, 2.24) is 19.9 Å². The van der Waals surface area contributed by atoms with E-state index in [9.17, 15) is 23.2 Å². The van der Waals surface area contributed by atoms with E-state index >= 15 is 0 Å². The zero-order valence-corrected chi connectivity index (χ0v) is 22.8. The number of nitrogens with zero attached hydrogens (tertiary/aromatic N) is 3. The molecule has 0 spiro atoms. The average molecular weight is 585 g/mol. The molecule has 3 N–H and O–H groups in total. The van der Waals surface area contributed by atoms with Crippen molar-refractivity contribution in [2.45, 2.75) is 38.6 Å². The second-order valence-electron chi connectivity index (χ2n) is 9.76. The molecule has 1 aliphatic rings. The Morgan fingerprint density at radius 3 is 2.73 bits per heavy atom. The van der Waals surface area contributed by atoms with Gasteiger partial charge in [-0.05, 0) is 31.2 Å². The van der Waals surface area contributed by atoms with E-state index in [1.165, 1.54) is 31.4 Å². The smallest absolute Gasteiger partial charge is 0.324 e. The van der Waals surface area contributed by atoms with Gasteiger partial charge in [-0.3, -0.25) is 19.8 Å². The van der Waals surface area contributed by atoms with Crippen LogP contribution in [0.2, 0.25) is 5.02 Å². The molecule has 2 unspecified atom stereocenters. The SMILES string of the molecule is CC(=O)c1cn(CCN2CC(F)CC2C(=O)NCc2cccc(Cl)c2F)c2ccc(NC(=O)Nc3ccon3)cc12. The van der Waals surface area contributed by atoms with E-state index in [0.29, 0.717) is 29.7 Å². The second kappa shape index (κ2) is 12.1. The normalized spacial score (nSPS) is 17.1. The van der Waals surface area contributed by atoms with E-state index in [2.05, 4.69) is 21.1 Å². The molecule has 1 fully saturated rings. The van der Waals surface area contributed by atoms with Gasteiger partial charge in [0.05, 0.1) is 11.1 Å². The number of carbonyl (C=O) groups excluding carboxylic acids is 3. The van der Waals surface area contributed by atoms with Crippen LogP contribution >= 0.6 is 11.6 Å². The molecule has 2 aromatic heterocycles. The van der Waals surface area contributed by atoms with Gasteiger partial charge in [-0.25, -0.2) is 13.6 Å². The molecule has 4 aromatic rings. The maximum atomic E-state index is 14.4. The predicted octanol–water partition coefficient (Wildman–Crippen LogP) is 5.00. The molecule has 2 atom stereocenters. The molecule has 5 rings (SSSR count). The summed E-state index contributed by atoms with van der Waals surface area (Å²) in [7, 11) is 0. The number of benzene rings is 2. The zero-order valence-electron chi connectivity index (χ0n) is 22.0. The van der Waals surface area contributed by atoms with E-state index in [-0.39, 0.29) is 41.7 Å². The van der Waals surface area contributed by atoms with Crippen molar-refractivity contribution in [2.24, 2.45) is 0 Å². The topological polar surface area (TPSA) is 122 Å². The van der Waals surface area contributed by atoms with Crippen LogP contribution in [-0.2, 0) is 17.9 Å². The third-order valence-electron chi connectivity index (χ3n) is 6.97. The number of carbonyl (C=O) groups is 3. The summed E-state index contributed by atoms with van der Waals surface area (Å²) in [6, 6.07) is 9.96. The fourth-order valence-electron chi connectivity index (χ4n) is 4.98. The number of likely N-dealkylation sites (tertiary alicyclic amines) is 1. The first kappa shape index (κ1) is 28.2. The van der Waals surface area contributed by atoms with Crippen LogP contribution in [0.15, 0.2) is 59.4 Å². The number of halogens is 3. The van der Waals surface area contributed by atoms with Crippen molar-refractivity contribution in [2.75, 3.05) is 23.7 Å². The lowest BCUT2D eigenvalue weighted by atomic mass is 10.1. The fourth-order valence-corrected chi connectivity index (χ4v) is 5.18. The van der Waals surface area contributed by atoms with Crippen molar-refractivity contribution in [3.05, 3.63) is 76.9 Å². The Hall–Kier alpha value is -4.29. The Bertz CT molecular complexity index is 1590. The minimum atomic E-state index is -1.18. The Balaban J connectivity index is 1.27. The Kier molecular flexibility index (Phi) is 8.31. The molecule has 2 aromatic carbocycles. The standard InChI is InChI=1S/C28H27ClF2N6O4/c1-16(38)21-15-37(23-6-5-19(12-20(21)23)33-28(40)34-25-7-10-41-35-25)9-8-36-14-18(30)11-24(36)27(39)32-13-17-3-2-4-22(29)26(17)31/h2-7,10,12,15,18,24H,8-9,11,13-14H2,1H3,(H,32,39)(H2,33,34,35,40). The monoisotopic (exact) mass is 584 g/mol. The molecule has 1 saturated heterocycles. The van der Waals surface area contributed by atoms with Crippen LogP contribution in [0.1, 0.15) is 29.3 Å². The van der Waals surface area contributed by atoms with Crippen molar-refractivity contribution < 1.29 is 27.7 Å². The molecule has 10 nitrogen and oxygen atoms in total. The lowest BCUT2D eigenvalue weighted by molar-refractivity contribution is -0.125.